The molecule has 2 bridgehead atoms. The molecule has 10 heteroatoms. The number of phenols is 2. The van der Waals surface area contributed by atoms with Crippen molar-refractivity contribution < 1.29 is 48.7 Å². The Kier molecular flexibility index (Phi) is 3.91. The molecule has 4 aliphatic rings. The molecule has 1 aromatic carbocycles. The number of hydrogen-bond acceptors (Lipinski definition) is 10. The van der Waals surface area contributed by atoms with Crippen molar-refractivity contribution in [3.8, 4) is 17.2 Å². The van der Waals surface area contributed by atoms with Gasteiger partial charge in [-0.3, -0.25) is 14.4 Å². The molecule has 3 N–H and O–H groups in total. The zero-order chi connectivity index (χ0) is 23.3. The fourth-order valence-electron chi connectivity index (χ4n) is 6.18. The zero-order valence-electron chi connectivity index (χ0n) is 17.4. The lowest BCUT2D eigenvalue weighted by Crippen LogP contribution is -2.66. The first-order valence-corrected chi connectivity index (χ1v) is 10.0. The molecule has 1 spiro atoms. The summed E-state index contributed by atoms with van der Waals surface area (Å²) in [5, 5.41) is 32.5. The van der Waals surface area contributed by atoms with Crippen LogP contribution in [-0.4, -0.2) is 64.6 Å². The van der Waals surface area contributed by atoms with E-state index in [1.54, 1.807) is 0 Å². The molecule has 0 unspecified atom stereocenters. The van der Waals surface area contributed by atoms with Gasteiger partial charge >= 0.3 is 5.97 Å². The maximum Gasteiger partial charge on any atom is 0.347 e. The minimum absolute atomic E-state index is 0.0568. The van der Waals surface area contributed by atoms with Crippen LogP contribution >= 0.6 is 0 Å². The third-order valence-electron chi connectivity index (χ3n) is 7.53. The van der Waals surface area contributed by atoms with Gasteiger partial charge < -0.3 is 29.5 Å². The van der Waals surface area contributed by atoms with E-state index in [2.05, 4.69) is 0 Å². The average Bonchev–Trinajstić information content (AvgIpc) is 3.05. The van der Waals surface area contributed by atoms with Gasteiger partial charge in [-0.1, -0.05) is 0 Å². The van der Waals surface area contributed by atoms with Crippen molar-refractivity contribution in [1.29, 1.82) is 0 Å². The van der Waals surface area contributed by atoms with Crippen LogP contribution in [0.4, 0.5) is 0 Å². The summed E-state index contributed by atoms with van der Waals surface area (Å²) < 4.78 is 15.8. The Hall–Kier alpha value is -3.40. The van der Waals surface area contributed by atoms with E-state index in [0.29, 0.717) is 0 Å². The molecule has 1 heterocycles. The zero-order valence-corrected chi connectivity index (χ0v) is 17.4. The SMILES string of the molecule is COc1cc(O)c2c(c1O)C(=O)[C@@]13C[C@H]4[C@@H](C[C@H]1C(C)=O)OC(=O)[C@@]4(OC)C(=O)C3=C2O. The van der Waals surface area contributed by atoms with Crippen molar-refractivity contribution in [2.45, 2.75) is 31.5 Å². The highest BCUT2D eigenvalue weighted by Crippen LogP contribution is 2.66. The molecule has 5 atom stereocenters. The number of carbonyl (C=O) groups excluding carboxylic acids is 4. The number of carbonyl (C=O) groups is 4. The lowest BCUT2D eigenvalue weighted by Gasteiger charge is -2.54. The van der Waals surface area contributed by atoms with Crippen LogP contribution < -0.4 is 4.74 Å². The molecular weight excluding hydrogens is 424 g/mol. The quantitative estimate of drug-likeness (QED) is 0.350. The van der Waals surface area contributed by atoms with Crippen LogP contribution in [0.2, 0.25) is 0 Å². The molecule has 1 aromatic rings. The second-order valence-corrected chi connectivity index (χ2v) is 8.64. The summed E-state index contributed by atoms with van der Waals surface area (Å²) in [7, 11) is 2.38. The molecule has 5 rings (SSSR count). The molecule has 0 aromatic heterocycles. The van der Waals surface area contributed by atoms with E-state index in [1.807, 2.05) is 0 Å². The van der Waals surface area contributed by atoms with Crippen LogP contribution in [0, 0.1) is 17.3 Å². The molecule has 1 saturated heterocycles. The topological polar surface area (TPSA) is 157 Å². The van der Waals surface area contributed by atoms with Crippen LogP contribution in [0.25, 0.3) is 5.76 Å². The Morgan fingerprint density at radius 3 is 2.41 bits per heavy atom. The lowest BCUT2D eigenvalue weighted by atomic mass is 9.46. The van der Waals surface area contributed by atoms with Crippen LogP contribution in [0.3, 0.4) is 0 Å². The van der Waals surface area contributed by atoms with Gasteiger partial charge in [0.15, 0.2) is 17.3 Å². The Bertz CT molecular complexity index is 1180. The van der Waals surface area contributed by atoms with E-state index < -0.39 is 86.2 Å². The van der Waals surface area contributed by atoms with Gasteiger partial charge in [0.05, 0.1) is 29.2 Å². The maximum atomic E-state index is 14.0. The largest absolute Gasteiger partial charge is 0.507 e. The maximum absolute atomic E-state index is 14.0. The van der Waals surface area contributed by atoms with Crippen molar-refractivity contribution in [3.05, 3.63) is 22.8 Å². The number of hydrogen-bond donors (Lipinski definition) is 3. The Morgan fingerprint density at radius 2 is 1.81 bits per heavy atom. The number of ether oxygens (including phenoxy) is 3. The average molecular weight is 444 g/mol. The monoisotopic (exact) mass is 444 g/mol. The summed E-state index contributed by atoms with van der Waals surface area (Å²) in [5.74, 6) is -7.44. The standard InChI is InChI=1S/C22H20O10/c1-7(23)8-4-11-9-6-21(8)15(19(28)22(9,31-3)20(29)32-11)17(26)13-10(24)5-12(30-2)16(25)14(13)18(21)27/h5,8-9,11,24-26H,4,6H2,1-3H3/t8-,9-,11+,21-,22-/m0/s1. The summed E-state index contributed by atoms with van der Waals surface area (Å²) in [6.45, 7) is 1.25. The van der Waals surface area contributed by atoms with Crippen LogP contribution in [0.1, 0.15) is 35.7 Å². The molecule has 0 amide bonds. The minimum atomic E-state index is -2.07. The van der Waals surface area contributed by atoms with Gasteiger partial charge in [-0.15, -0.1) is 0 Å². The van der Waals surface area contributed by atoms with Crippen LogP contribution in [-0.2, 0) is 23.9 Å². The number of methoxy groups -OCH3 is 2. The number of benzene rings is 1. The van der Waals surface area contributed by atoms with Crippen molar-refractivity contribution in [1.82, 2.24) is 0 Å². The summed E-state index contributed by atoms with van der Waals surface area (Å²) in [6, 6.07) is 0.988. The third kappa shape index (κ3) is 1.95. The number of rotatable bonds is 3. The fourth-order valence-corrected chi connectivity index (χ4v) is 6.18. The number of aliphatic hydroxyl groups is 1. The Morgan fingerprint density at radius 1 is 1.12 bits per heavy atom. The smallest absolute Gasteiger partial charge is 0.347 e. The molecular formula is C22H20O10. The molecule has 2 saturated carbocycles. The number of aromatic hydroxyl groups is 2. The highest BCUT2D eigenvalue weighted by molar-refractivity contribution is 6.28. The van der Waals surface area contributed by atoms with E-state index >= 15 is 0 Å². The third-order valence-corrected chi connectivity index (χ3v) is 7.53. The van der Waals surface area contributed by atoms with E-state index in [0.717, 1.165) is 13.2 Å². The predicted molar refractivity (Wildman–Crippen MR) is 104 cm³/mol. The van der Waals surface area contributed by atoms with Crippen LogP contribution in [0.5, 0.6) is 17.2 Å². The summed E-state index contributed by atoms with van der Waals surface area (Å²) >= 11 is 0. The van der Waals surface area contributed by atoms with Crippen molar-refractivity contribution in [3.63, 3.8) is 0 Å². The Balaban J connectivity index is 1.92. The fraction of sp³-hybridized carbons (Fsp3) is 0.455. The molecule has 168 valence electrons. The molecule has 1 aliphatic heterocycles. The molecule has 32 heavy (non-hydrogen) atoms. The minimum Gasteiger partial charge on any atom is -0.507 e. The molecule has 10 nitrogen and oxygen atoms in total. The lowest BCUT2D eigenvalue weighted by molar-refractivity contribution is -0.166. The van der Waals surface area contributed by atoms with E-state index in [9.17, 15) is 34.5 Å². The second-order valence-electron chi connectivity index (χ2n) is 8.64. The van der Waals surface area contributed by atoms with Gasteiger partial charge in [0.25, 0.3) is 0 Å². The van der Waals surface area contributed by atoms with E-state index in [4.69, 9.17) is 14.2 Å². The van der Waals surface area contributed by atoms with Gasteiger partial charge in [0.2, 0.25) is 11.4 Å². The first-order valence-electron chi connectivity index (χ1n) is 10.0. The van der Waals surface area contributed by atoms with Crippen LogP contribution in [0.15, 0.2) is 11.6 Å². The number of fused-ring (bicyclic) bond motifs is 1. The second kappa shape index (κ2) is 6.10. The van der Waals surface area contributed by atoms with Crippen molar-refractivity contribution >= 4 is 29.1 Å². The molecule has 0 radical (unpaired) electrons. The highest BCUT2D eigenvalue weighted by atomic mass is 16.6. The van der Waals surface area contributed by atoms with Crippen molar-refractivity contribution in [2.75, 3.05) is 14.2 Å². The number of aliphatic hydroxyl groups excluding tert-OH is 1. The number of Topliss-reactive ketones (excluding diaryl/α,β-unsaturated/α-hetero) is 3. The highest BCUT2D eigenvalue weighted by Gasteiger charge is 2.77. The van der Waals surface area contributed by atoms with Gasteiger partial charge in [-0.25, -0.2) is 4.79 Å². The first kappa shape index (κ1) is 20.5. The Labute approximate surface area is 181 Å². The number of phenolic OH excluding ortho intramolecular Hbond substituents is 2. The normalized spacial score (nSPS) is 34.7. The van der Waals surface area contributed by atoms with Gasteiger partial charge in [0.1, 0.15) is 23.4 Å². The van der Waals surface area contributed by atoms with Gasteiger partial charge in [-0.05, 0) is 19.8 Å². The van der Waals surface area contributed by atoms with E-state index in [1.165, 1.54) is 14.0 Å². The summed E-state index contributed by atoms with van der Waals surface area (Å²) in [6.07, 6.45) is -1.07. The number of esters is 1. The summed E-state index contributed by atoms with van der Waals surface area (Å²) in [5.41, 5.74) is -5.32. The predicted octanol–water partition coefficient (Wildman–Crippen LogP) is 1.07. The van der Waals surface area contributed by atoms with E-state index in [-0.39, 0.29) is 18.6 Å². The van der Waals surface area contributed by atoms with Gasteiger partial charge in [-0.2, -0.15) is 0 Å². The number of ketones is 3. The molecule has 3 fully saturated rings. The summed E-state index contributed by atoms with van der Waals surface area (Å²) in [4.78, 5) is 53.3. The van der Waals surface area contributed by atoms with Gasteiger partial charge in [0, 0.05) is 25.0 Å². The first-order chi connectivity index (χ1) is 15.1. The molecule has 3 aliphatic carbocycles. The van der Waals surface area contributed by atoms with Crippen molar-refractivity contribution in [2.24, 2.45) is 17.3 Å².